The van der Waals surface area contributed by atoms with Gasteiger partial charge < -0.3 is 5.11 Å². The molecule has 4 nitrogen and oxygen atoms in total. The third kappa shape index (κ3) is 1.48. The Labute approximate surface area is 127 Å². The van der Waals surface area contributed by atoms with E-state index in [9.17, 15) is 14.3 Å². The van der Waals surface area contributed by atoms with E-state index in [4.69, 9.17) is 0 Å². The zero-order valence-electron chi connectivity index (χ0n) is 12.1. The maximum Gasteiger partial charge on any atom is 0.316 e. The van der Waals surface area contributed by atoms with Crippen LogP contribution in [-0.2, 0) is 10.2 Å². The molecule has 2 aliphatic carbocycles. The van der Waals surface area contributed by atoms with E-state index in [0.717, 1.165) is 12.0 Å². The first kappa shape index (κ1) is 13.4. The van der Waals surface area contributed by atoms with Gasteiger partial charge in [0, 0.05) is 5.56 Å². The van der Waals surface area contributed by atoms with Crippen LogP contribution in [0.2, 0.25) is 0 Å². The van der Waals surface area contributed by atoms with E-state index in [1.54, 1.807) is 18.2 Å². The molecule has 0 saturated heterocycles. The zero-order valence-corrected chi connectivity index (χ0v) is 12.1. The number of carbonyl (C=O) groups is 1. The summed E-state index contributed by atoms with van der Waals surface area (Å²) in [7, 11) is 0. The Morgan fingerprint density at radius 1 is 1.36 bits per heavy atom. The second-order valence-corrected chi connectivity index (χ2v) is 6.22. The van der Waals surface area contributed by atoms with Crippen LogP contribution in [0.5, 0.6) is 0 Å². The van der Waals surface area contributed by atoms with Gasteiger partial charge in [0.2, 0.25) is 0 Å². The molecule has 2 aromatic rings. The third-order valence-electron chi connectivity index (χ3n) is 5.41. The van der Waals surface area contributed by atoms with Crippen molar-refractivity contribution in [2.45, 2.75) is 31.1 Å². The van der Waals surface area contributed by atoms with Gasteiger partial charge in [0.05, 0.1) is 11.4 Å². The Morgan fingerprint density at radius 3 is 2.86 bits per heavy atom. The van der Waals surface area contributed by atoms with Crippen LogP contribution in [0.3, 0.4) is 0 Å². The van der Waals surface area contributed by atoms with Crippen LogP contribution < -0.4 is 0 Å². The monoisotopic (exact) mass is 298 g/mol. The molecule has 1 aromatic carbocycles. The minimum Gasteiger partial charge on any atom is -0.481 e. The first-order valence-corrected chi connectivity index (χ1v) is 7.42. The SMILES string of the molecule is CC1[C@H]2CC[C@]1(C(=O)O)c1nnc(-c3ccccc3F)cc12. The van der Waals surface area contributed by atoms with E-state index in [2.05, 4.69) is 10.2 Å². The van der Waals surface area contributed by atoms with Gasteiger partial charge >= 0.3 is 5.97 Å². The Morgan fingerprint density at radius 2 is 2.14 bits per heavy atom. The Bertz CT molecular complexity index is 792. The summed E-state index contributed by atoms with van der Waals surface area (Å²) in [6.45, 7) is 1.97. The van der Waals surface area contributed by atoms with Gasteiger partial charge in [-0.1, -0.05) is 19.1 Å². The standard InChI is InChI=1S/C17H15FN2O2/c1-9-10-6-7-17(9,16(21)22)15-12(10)8-14(19-20-15)11-4-2-3-5-13(11)18/h2-5,8-10H,6-7H2,1H3,(H,21,22)/t9?,10-,17-/m1/s1. The number of rotatable bonds is 2. The molecule has 0 aliphatic heterocycles. The average Bonchev–Trinajstić information content (AvgIpc) is 2.97. The Hall–Kier alpha value is -2.30. The van der Waals surface area contributed by atoms with Crippen LogP contribution in [0.4, 0.5) is 4.39 Å². The van der Waals surface area contributed by atoms with Gasteiger partial charge in [-0.05, 0) is 48.4 Å². The summed E-state index contributed by atoms with van der Waals surface area (Å²) in [4.78, 5) is 11.8. The first-order valence-electron chi connectivity index (χ1n) is 7.42. The minimum absolute atomic E-state index is 0.00479. The average molecular weight is 298 g/mol. The van der Waals surface area contributed by atoms with Crippen molar-refractivity contribution >= 4 is 5.97 Å². The van der Waals surface area contributed by atoms with Crippen molar-refractivity contribution in [2.75, 3.05) is 0 Å². The van der Waals surface area contributed by atoms with Crippen molar-refractivity contribution in [3.8, 4) is 11.3 Å². The lowest BCUT2D eigenvalue weighted by atomic mass is 9.79. The molecule has 1 N–H and O–H groups in total. The summed E-state index contributed by atoms with van der Waals surface area (Å²) in [6, 6.07) is 8.25. The van der Waals surface area contributed by atoms with Crippen LogP contribution in [0.15, 0.2) is 30.3 Å². The number of carboxylic acids is 1. The number of hydrogen-bond donors (Lipinski definition) is 1. The number of carboxylic acid groups (broad SMARTS) is 1. The van der Waals surface area contributed by atoms with Gasteiger partial charge in [0.1, 0.15) is 11.2 Å². The fourth-order valence-corrected chi connectivity index (χ4v) is 4.20. The number of fused-ring (bicyclic) bond motifs is 5. The van der Waals surface area contributed by atoms with Gasteiger partial charge in [-0.15, -0.1) is 0 Å². The molecule has 1 heterocycles. The Kier molecular flexibility index (Phi) is 2.64. The lowest BCUT2D eigenvalue weighted by molar-refractivity contribution is -0.145. The largest absolute Gasteiger partial charge is 0.481 e. The molecular formula is C17H15FN2O2. The molecule has 22 heavy (non-hydrogen) atoms. The molecule has 5 heteroatoms. The minimum atomic E-state index is -0.916. The number of aromatic nitrogens is 2. The van der Waals surface area contributed by atoms with Gasteiger partial charge in [0.25, 0.3) is 0 Å². The summed E-state index contributed by atoms with van der Waals surface area (Å²) < 4.78 is 13.9. The van der Waals surface area contributed by atoms with Gasteiger partial charge in [-0.2, -0.15) is 10.2 Å². The first-order chi connectivity index (χ1) is 10.6. The van der Waals surface area contributed by atoms with Crippen LogP contribution in [-0.4, -0.2) is 21.3 Å². The molecular weight excluding hydrogens is 283 g/mol. The van der Waals surface area contributed by atoms with Gasteiger partial charge in [0.15, 0.2) is 0 Å². The van der Waals surface area contributed by atoms with E-state index < -0.39 is 11.4 Å². The molecule has 2 bridgehead atoms. The summed E-state index contributed by atoms with van der Waals surface area (Å²) in [6.07, 6.45) is 1.44. The molecule has 4 rings (SSSR count). The highest BCUT2D eigenvalue weighted by molar-refractivity contribution is 5.84. The molecule has 1 fully saturated rings. The molecule has 0 amide bonds. The van der Waals surface area contributed by atoms with Crippen molar-refractivity contribution in [3.63, 3.8) is 0 Å². The molecule has 1 aromatic heterocycles. The highest BCUT2D eigenvalue weighted by Crippen LogP contribution is 2.60. The number of aliphatic carboxylic acids is 1. The molecule has 0 radical (unpaired) electrons. The summed E-state index contributed by atoms with van der Waals surface area (Å²) in [5, 5.41) is 18.0. The van der Waals surface area contributed by atoms with Crippen LogP contribution in [0.1, 0.15) is 36.9 Å². The van der Waals surface area contributed by atoms with E-state index in [-0.39, 0.29) is 17.7 Å². The van der Waals surface area contributed by atoms with Gasteiger partial charge in [-0.25, -0.2) is 4.39 Å². The molecule has 1 saturated carbocycles. The topological polar surface area (TPSA) is 63.1 Å². The quantitative estimate of drug-likeness (QED) is 0.925. The van der Waals surface area contributed by atoms with Crippen molar-refractivity contribution < 1.29 is 14.3 Å². The lowest BCUT2D eigenvalue weighted by Gasteiger charge is -2.24. The second-order valence-electron chi connectivity index (χ2n) is 6.22. The van der Waals surface area contributed by atoms with Crippen molar-refractivity contribution in [1.82, 2.24) is 10.2 Å². The summed E-state index contributed by atoms with van der Waals surface area (Å²) >= 11 is 0. The normalized spacial score (nSPS) is 28.6. The van der Waals surface area contributed by atoms with Crippen LogP contribution in [0.25, 0.3) is 11.3 Å². The highest BCUT2D eigenvalue weighted by atomic mass is 19.1. The van der Waals surface area contributed by atoms with Gasteiger partial charge in [-0.3, -0.25) is 4.79 Å². The number of hydrogen-bond acceptors (Lipinski definition) is 3. The maximum atomic E-state index is 13.9. The maximum absolute atomic E-state index is 13.9. The van der Waals surface area contributed by atoms with E-state index in [1.165, 1.54) is 6.07 Å². The lowest BCUT2D eigenvalue weighted by Crippen LogP contribution is -2.37. The van der Waals surface area contributed by atoms with Crippen LogP contribution in [0, 0.1) is 11.7 Å². The molecule has 1 unspecified atom stereocenters. The second kappa shape index (κ2) is 4.35. The van der Waals surface area contributed by atoms with Crippen molar-refractivity contribution in [3.05, 3.63) is 47.4 Å². The van der Waals surface area contributed by atoms with Crippen LogP contribution >= 0.6 is 0 Å². The molecule has 0 spiro atoms. The predicted molar refractivity (Wildman–Crippen MR) is 77.9 cm³/mol. The molecule has 2 aliphatic rings. The Balaban J connectivity index is 1.89. The van der Waals surface area contributed by atoms with Crippen molar-refractivity contribution in [1.29, 1.82) is 0 Å². The van der Waals surface area contributed by atoms with E-state index in [1.807, 2.05) is 13.0 Å². The number of halogens is 1. The fraction of sp³-hybridized carbons (Fsp3) is 0.353. The van der Waals surface area contributed by atoms with E-state index in [0.29, 0.717) is 23.4 Å². The zero-order chi connectivity index (χ0) is 15.5. The predicted octanol–water partition coefficient (Wildman–Crippen LogP) is 3.13. The number of benzene rings is 1. The van der Waals surface area contributed by atoms with Crippen molar-refractivity contribution in [2.24, 2.45) is 5.92 Å². The molecule has 112 valence electrons. The smallest absolute Gasteiger partial charge is 0.316 e. The fourth-order valence-electron chi connectivity index (χ4n) is 4.20. The number of nitrogens with zero attached hydrogens (tertiary/aromatic N) is 2. The molecule has 3 atom stereocenters. The third-order valence-corrected chi connectivity index (χ3v) is 5.41. The summed E-state index contributed by atoms with van der Waals surface area (Å²) in [5.74, 6) is -0.993. The summed E-state index contributed by atoms with van der Waals surface area (Å²) in [5.41, 5.74) is 1.45. The van der Waals surface area contributed by atoms with E-state index >= 15 is 0 Å². The highest BCUT2D eigenvalue weighted by Gasteiger charge is 2.61.